The number of anilines is 3. The Bertz CT molecular complexity index is 1460. The molecular formula is C30H38ClN7O4. The Hall–Kier alpha value is -3.96. The number of halogens is 1. The monoisotopic (exact) mass is 595 g/mol. The third-order valence-electron chi connectivity index (χ3n) is 7.39. The van der Waals surface area contributed by atoms with Crippen LogP contribution in [-0.2, 0) is 14.4 Å². The molecule has 0 saturated carbocycles. The lowest BCUT2D eigenvalue weighted by Crippen LogP contribution is -2.59. The topological polar surface area (TPSA) is 138 Å². The van der Waals surface area contributed by atoms with Crippen LogP contribution in [0.1, 0.15) is 40.5 Å². The molecular weight excluding hydrogens is 558 g/mol. The standard InChI is InChI=1S/C30H38ClN7O4/c1-17(32-5)27(39)37-25(30(2,3)4)29(41)38-13-7-8-23(38)28(40)36-22-14-20-21(15-24(22)42-6)33-16-34-26(20)35-19-11-9-18(31)10-12-19/h9-12,14-17,23,25,32H,7-8,13H2,1-6H3,(H,36,40)(H,37,39)(H,33,34,35)/t17-,23-,25+/m0/s1. The van der Waals surface area contributed by atoms with Gasteiger partial charge in [0, 0.05) is 28.7 Å². The van der Waals surface area contributed by atoms with Crippen LogP contribution in [0.3, 0.4) is 0 Å². The smallest absolute Gasteiger partial charge is 0.247 e. The normalized spacial score (nSPS) is 16.5. The van der Waals surface area contributed by atoms with Gasteiger partial charge < -0.3 is 30.9 Å². The van der Waals surface area contributed by atoms with Crippen LogP contribution in [-0.4, -0.2) is 71.4 Å². The quantitative estimate of drug-likeness (QED) is 0.290. The van der Waals surface area contributed by atoms with Gasteiger partial charge in [0.05, 0.1) is 24.4 Å². The number of likely N-dealkylation sites (N-methyl/N-ethyl adjacent to an activating group) is 1. The number of benzene rings is 2. The molecule has 3 amide bonds. The molecule has 12 heteroatoms. The molecule has 3 aromatic rings. The molecule has 0 radical (unpaired) electrons. The first-order valence-electron chi connectivity index (χ1n) is 13.9. The maximum atomic E-state index is 13.8. The third kappa shape index (κ3) is 6.91. The molecule has 224 valence electrons. The molecule has 0 aliphatic carbocycles. The fourth-order valence-corrected chi connectivity index (χ4v) is 4.98. The summed E-state index contributed by atoms with van der Waals surface area (Å²) < 4.78 is 5.58. The van der Waals surface area contributed by atoms with Gasteiger partial charge in [-0.05, 0) is 62.6 Å². The van der Waals surface area contributed by atoms with Gasteiger partial charge in [0.15, 0.2) is 0 Å². The number of rotatable bonds is 9. The number of carbonyl (C=O) groups excluding carboxylic acids is 3. The fourth-order valence-electron chi connectivity index (χ4n) is 4.85. The Kier molecular flexibility index (Phi) is 9.53. The van der Waals surface area contributed by atoms with Gasteiger partial charge in [0.25, 0.3) is 0 Å². The van der Waals surface area contributed by atoms with Crippen LogP contribution in [0.15, 0.2) is 42.7 Å². The summed E-state index contributed by atoms with van der Waals surface area (Å²) in [6, 6.07) is 8.71. The maximum Gasteiger partial charge on any atom is 0.247 e. The highest BCUT2D eigenvalue weighted by Crippen LogP contribution is 2.34. The van der Waals surface area contributed by atoms with Crippen molar-refractivity contribution < 1.29 is 19.1 Å². The van der Waals surface area contributed by atoms with Gasteiger partial charge in [-0.2, -0.15) is 0 Å². The number of fused-ring (bicyclic) bond motifs is 1. The lowest BCUT2D eigenvalue weighted by Gasteiger charge is -2.36. The molecule has 2 heterocycles. The predicted molar refractivity (Wildman–Crippen MR) is 164 cm³/mol. The first kappa shape index (κ1) is 31.0. The molecule has 1 aliphatic rings. The van der Waals surface area contributed by atoms with E-state index in [0.717, 1.165) is 5.69 Å². The molecule has 4 N–H and O–H groups in total. The van der Waals surface area contributed by atoms with Crippen molar-refractivity contribution in [3.63, 3.8) is 0 Å². The zero-order valence-corrected chi connectivity index (χ0v) is 25.5. The van der Waals surface area contributed by atoms with Gasteiger partial charge >= 0.3 is 0 Å². The maximum absolute atomic E-state index is 13.8. The van der Waals surface area contributed by atoms with Gasteiger partial charge in [-0.1, -0.05) is 32.4 Å². The van der Waals surface area contributed by atoms with E-state index in [-0.39, 0.29) is 17.7 Å². The van der Waals surface area contributed by atoms with Crippen molar-refractivity contribution in [2.24, 2.45) is 5.41 Å². The number of nitrogens with zero attached hydrogens (tertiary/aromatic N) is 3. The molecule has 4 rings (SSSR count). The highest BCUT2D eigenvalue weighted by atomic mass is 35.5. The lowest BCUT2D eigenvalue weighted by atomic mass is 9.85. The van der Waals surface area contributed by atoms with Gasteiger partial charge in [-0.3, -0.25) is 14.4 Å². The van der Waals surface area contributed by atoms with Crippen molar-refractivity contribution in [1.29, 1.82) is 0 Å². The summed E-state index contributed by atoms with van der Waals surface area (Å²) in [5.41, 5.74) is 1.25. The second kappa shape index (κ2) is 12.9. The molecule has 0 spiro atoms. The summed E-state index contributed by atoms with van der Waals surface area (Å²) in [6.45, 7) is 7.82. The molecule has 1 saturated heterocycles. The average molecular weight is 596 g/mol. The zero-order chi connectivity index (χ0) is 30.6. The molecule has 1 aliphatic heterocycles. The summed E-state index contributed by atoms with van der Waals surface area (Å²) in [5.74, 6) is 0.0498. The van der Waals surface area contributed by atoms with Gasteiger partial charge in [0.2, 0.25) is 17.7 Å². The number of nitrogens with one attached hydrogen (secondary N) is 4. The largest absolute Gasteiger partial charge is 0.494 e. The molecule has 3 atom stereocenters. The Balaban J connectivity index is 1.59. The van der Waals surface area contributed by atoms with Crippen molar-refractivity contribution in [2.45, 2.75) is 58.7 Å². The number of hydrogen-bond acceptors (Lipinski definition) is 8. The van der Waals surface area contributed by atoms with Crippen LogP contribution in [0, 0.1) is 5.41 Å². The minimum Gasteiger partial charge on any atom is -0.494 e. The molecule has 11 nitrogen and oxygen atoms in total. The van der Waals surface area contributed by atoms with Crippen molar-refractivity contribution >= 4 is 57.4 Å². The van der Waals surface area contributed by atoms with Crippen LogP contribution in [0.4, 0.5) is 17.2 Å². The van der Waals surface area contributed by atoms with Crippen LogP contribution in [0.5, 0.6) is 5.75 Å². The Morgan fingerprint density at radius 3 is 2.48 bits per heavy atom. The summed E-state index contributed by atoms with van der Waals surface area (Å²) in [7, 11) is 3.20. The number of carbonyl (C=O) groups is 3. The van der Waals surface area contributed by atoms with Crippen molar-refractivity contribution in [1.82, 2.24) is 25.5 Å². The molecule has 42 heavy (non-hydrogen) atoms. The molecule has 1 aromatic heterocycles. The first-order chi connectivity index (χ1) is 19.9. The minimum absolute atomic E-state index is 0.280. The van der Waals surface area contributed by atoms with E-state index in [2.05, 4.69) is 31.2 Å². The highest BCUT2D eigenvalue weighted by molar-refractivity contribution is 6.30. The van der Waals surface area contributed by atoms with E-state index in [1.54, 1.807) is 43.1 Å². The predicted octanol–water partition coefficient (Wildman–Crippen LogP) is 4.10. The number of likely N-dealkylation sites (tertiary alicyclic amines) is 1. The van der Waals surface area contributed by atoms with E-state index < -0.39 is 23.5 Å². The Morgan fingerprint density at radius 2 is 1.83 bits per heavy atom. The number of ether oxygens (including phenoxy) is 1. The second-order valence-corrected chi connectivity index (χ2v) is 11.9. The molecule has 0 unspecified atom stereocenters. The summed E-state index contributed by atoms with van der Waals surface area (Å²) in [4.78, 5) is 50.5. The van der Waals surface area contributed by atoms with Crippen molar-refractivity contribution in [3.05, 3.63) is 47.7 Å². The molecule has 1 fully saturated rings. The van der Waals surface area contributed by atoms with E-state index in [9.17, 15) is 14.4 Å². The summed E-state index contributed by atoms with van der Waals surface area (Å²) >= 11 is 6.02. The van der Waals surface area contributed by atoms with Crippen molar-refractivity contribution in [3.8, 4) is 5.75 Å². The fraction of sp³-hybridized carbons (Fsp3) is 0.433. The Labute approximate surface area is 250 Å². The van der Waals surface area contributed by atoms with Gasteiger partial charge in [0.1, 0.15) is 30.0 Å². The Morgan fingerprint density at radius 1 is 1.12 bits per heavy atom. The third-order valence-corrected chi connectivity index (χ3v) is 7.64. The van der Waals surface area contributed by atoms with E-state index in [0.29, 0.717) is 52.6 Å². The second-order valence-electron chi connectivity index (χ2n) is 11.4. The van der Waals surface area contributed by atoms with E-state index >= 15 is 0 Å². The highest BCUT2D eigenvalue weighted by Gasteiger charge is 2.42. The number of methoxy groups -OCH3 is 1. The van der Waals surface area contributed by atoms with E-state index in [1.165, 1.54) is 13.4 Å². The van der Waals surface area contributed by atoms with Gasteiger partial charge in [-0.25, -0.2) is 9.97 Å². The zero-order valence-electron chi connectivity index (χ0n) is 24.7. The van der Waals surface area contributed by atoms with Crippen LogP contribution in [0.2, 0.25) is 5.02 Å². The lowest BCUT2D eigenvalue weighted by molar-refractivity contribution is -0.143. The van der Waals surface area contributed by atoms with Crippen LogP contribution >= 0.6 is 11.6 Å². The minimum atomic E-state index is -0.803. The number of aromatic nitrogens is 2. The van der Waals surface area contributed by atoms with Crippen LogP contribution in [0.25, 0.3) is 10.9 Å². The van der Waals surface area contributed by atoms with E-state index in [1.807, 2.05) is 32.9 Å². The van der Waals surface area contributed by atoms with Crippen LogP contribution < -0.4 is 26.0 Å². The molecule has 2 aromatic carbocycles. The average Bonchev–Trinajstić information content (AvgIpc) is 3.46. The number of amides is 3. The summed E-state index contributed by atoms with van der Waals surface area (Å²) in [5, 5.41) is 13.3. The summed E-state index contributed by atoms with van der Waals surface area (Å²) in [6.07, 6.45) is 2.61. The molecule has 0 bridgehead atoms. The first-order valence-corrected chi connectivity index (χ1v) is 14.2. The van der Waals surface area contributed by atoms with Crippen molar-refractivity contribution in [2.75, 3.05) is 31.3 Å². The van der Waals surface area contributed by atoms with Gasteiger partial charge in [-0.15, -0.1) is 0 Å². The number of hydrogen-bond donors (Lipinski definition) is 4. The van der Waals surface area contributed by atoms with E-state index in [4.69, 9.17) is 16.3 Å². The SMILES string of the molecule is CN[C@@H](C)C(=O)N[C@H](C(=O)N1CCC[C@H]1C(=O)Nc1cc2c(Nc3ccc(Cl)cc3)ncnc2cc1OC)C(C)(C)C.